The van der Waals surface area contributed by atoms with E-state index in [9.17, 15) is 0 Å². The van der Waals surface area contributed by atoms with E-state index in [4.69, 9.17) is 12.2 Å². The van der Waals surface area contributed by atoms with Crippen LogP contribution in [-0.4, -0.2) is 18.2 Å². The molecule has 0 amide bonds. The van der Waals surface area contributed by atoms with Gasteiger partial charge in [0.25, 0.3) is 0 Å². The van der Waals surface area contributed by atoms with E-state index in [1.807, 2.05) is 7.05 Å². The molecule has 2 aliphatic rings. The zero-order valence-electron chi connectivity index (χ0n) is 7.47. The van der Waals surface area contributed by atoms with Gasteiger partial charge in [0, 0.05) is 13.1 Å². The molecular weight excluding hydrogens is 168 g/mol. The molecule has 2 rings (SSSR count). The highest BCUT2D eigenvalue weighted by atomic mass is 32.1. The summed E-state index contributed by atoms with van der Waals surface area (Å²) in [6, 6.07) is 0.670. The van der Waals surface area contributed by atoms with Gasteiger partial charge in [-0.1, -0.05) is 6.42 Å². The minimum absolute atomic E-state index is 0.670. The van der Waals surface area contributed by atoms with Crippen molar-refractivity contribution in [3.8, 4) is 0 Å². The first-order valence-corrected chi connectivity index (χ1v) is 5.18. The standard InChI is InChI=1S/C9H16N2S/c1-10-9(12)11-8-5-6-2-3-7(8)4-6/h6-8H,2-5H2,1H3,(H2,10,11,12). The SMILES string of the molecule is CNC(=S)NC1CC2CCC1C2. The molecule has 2 bridgehead atoms. The van der Waals surface area contributed by atoms with Crippen molar-refractivity contribution in [2.45, 2.75) is 31.7 Å². The average Bonchev–Trinajstić information content (AvgIpc) is 2.64. The Balaban J connectivity index is 1.86. The van der Waals surface area contributed by atoms with Crippen LogP contribution in [0.15, 0.2) is 0 Å². The maximum Gasteiger partial charge on any atom is 0.166 e. The van der Waals surface area contributed by atoms with Crippen molar-refractivity contribution < 1.29 is 0 Å². The molecule has 0 radical (unpaired) electrons. The lowest BCUT2D eigenvalue weighted by Crippen LogP contribution is -2.42. The van der Waals surface area contributed by atoms with Crippen molar-refractivity contribution in [2.75, 3.05) is 7.05 Å². The summed E-state index contributed by atoms with van der Waals surface area (Å²) >= 11 is 5.09. The summed E-state index contributed by atoms with van der Waals surface area (Å²) in [6.45, 7) is 0. The number of rotatable bonds is 1. The Kier molecular flexibility index (Phi) is 2.22. The Bertz CT molecular complexity index is 193. The lowest BCUT2D eigenvalue weighted by Gasteiger charge is -2.23. The molecule has 3 unspecified atom stereocenters. The second kappa shape index (κ2) is 3.21. The van der Waals surface area contributed by atoms with E-state index in [1.165, 1.54) is 25.7 Å². The second-order valence-corrected chi connectivity index (χ2v) is 4.41. The van der Waals surface area contributed by atoms with E-state index in [1.54, 1.807) is 0 Å². The number of hydrogen-bond donors (Lipinski definition) is 2. The van der Waals surface area contributed by atoms with Gasteiger partial charge in [-0.25, -0.2) is 0 Å². The van der Waals surface area contributed by atoms with Gasteiger partial charge in [-0.05, 0) is 43.3 Å². The first-order chi connectivity index (χ1) is 5.79. The monoisotopic (exact) mass is 184 g/mol. The first-order valence-electron chi connectivity index (χ1n) is 4.78. The van der Waals surface area contributed by atoms with Crippen LogP contribution in [0.1, 0.15) is 25.7 Å². The van der Waals surface area contributed by atoms with Crippen molar-refractivity contribution in [3.05, 3.63) is 0 Å². The van der Waals surface area contributed by atoms with Crippen LogP contribution in [0.5, 0.6) is 0 Å². The Morgan fingerprint density at radius 3 is 2.67 bits per heavy atom. The molecule has 2 N–H and O–H groups in total. The fourth-order valence-corrected chi connectivity index (χ4v) is 2.81. The Morgan fingerprint density at radius 1 is 1.33 bits per heavy atom. The van der Waals surface area contributed by atoms with E-state index in [0.717, 1.165) is 16.9 Å². The third kappa shape index (κ3) is 1.42. The summed E-state index contributed by atoms with van der Waals surface area (Å²) < 4.78 is 0. The molecule has 3 heteroatoms. The Hall–Kier alpha value is -0.310. The molecule has 0 saturated heterocycles. The molecule has 3 atom stereocenters. The molecule has 0 aromatic heterocycles. The fourth-order valence-electron chi connectivity index (χ4n) is 2.66. The molecule has 68 valence electrons. The van der Waals surface area contributed by atoms with E-state index >= 15 is 0 Å². The summed E-state index contributed by atoms with van der Waals surface area (Å²) in [5.41, 5.74) is 0. The molecule has 0 aliphatic heterocycles. The molecule has 0 spiro atoms. The normalized spacial score (nSPS) is 38.2. The van der Waals surface area contributed by atoms with Crippen molar-refractivity contribution >= 4 is 17.3 Å². The van der Waals surface area contributed by atoms with Crippen LogP contribution in [0.2, 0.25) is 0 Å². The van der Waals surface area contributed by atoms with Crippen LogP contribution in [0, 0.1) is 11.8 Å². The summed E-state index contributed by atoms with van der Waals surface area (Å²) in [6.07, 6.45) is 5.64. The predicted molar refractivity (Wildman–Crippen MR) is 54.0 cm³/mol. The van der Waals surface area contributed by atoms with Crippen LogP contribution in [-0.2, 0) is 0 Å². The van der Waals surface area contributed by atoms with E-state index in [0.29, 0.717) is 6.04 Å². The lowest BCUT2D eigenvalue weighted by molar-refractivity contribution is 0.390. The maximum absolute atomic E-state index is 5.09. The first kappa shape index (κ1) is 8.30. The van der Waals surface area contributed by atoms with E-state index in [2.05, 4.69) is 10.6 Å². The van der Waals surface area contributed by atoms with Gasteiger partial charge >= 0.3 is 0 Å². The largest absolute Gasteiger partial charge is 0.366 e. The molecule has 2 nitrogen and oxygen atoms in total. The van der Waals surface area contributed by atoms with Gasteiger partial charge in [-0.15, -0.1) is 0 Å². The van der Waals surface area contributed by atoms with Crippen molar-refractivity contribution in [2.24, 2.45) is 11.8 Å². The predicted octanol–water partition coefficient (Wildman–Crippen LogP) is 1.27. The highest BCUT2D eigenvalue weighted by Gasteiger charge is 2.39. The van der Waals surface area contributed by atoms with Crippen LogP contribution < -0.4 is 10.6 Å². The number of hydrogen-bond acceptors (Lipinski definition) is 1. The zero-order valence-corrected chi connectivity index (χ0v) is 8.29. The quantitative estimate of drug-likeness (QED) is 0.600. The van der Waals surface area contributed by atoms with Crippen molar-refractivity contribution in [3.63, 3.8) is 0 Å². The van der Waals surface area contributed by atoms with Gasteiger partial charge in [0.1, 0.15) is 0 Å². The number of nitrogens with one attached hydrogen (secondary N) is 2. The van der Waals surface area contributed by atoms with Gasteiger partial charge in [0.05, 0.1) is 0 Å². The van der Waals surface area contributed by atoms with Crippen LogP contribution in [0.3, 0.4) is 0 Å². The Morgan fingerprint density at radius 2 is 2.17 bits per heavy atom. The van der Waals surface area contributed by atoms with Crippen LogP contribution in [0.4, 0.5) is 0 Å². The smallest absolute Gasteiger partial charge is 0.166 e. The highest BCUT2D eigenvalue weighted by Crippen LogP contribution is 2.44. The summed E-state index contributed by atoms with van der Waals surface area (Å²) in [5, 5.41) is 7.16. The minimum atomic E-state index is 0.670. The third-order valence-corrected chi connectivity index (χ3v) is 3.60. The van der Waals surface area contributed by atoms with Crippen LogP contribution >= 0.6 is 12.2 Å². The van der Waals surface area contributed by atoms with Crippen molar-refractivity contribution in [1.82, 2.24) is 10.6 Å². The van der Waals surface area contributed by atoms with Gasteiger partial charge in [-0.2, -0.15) is 0 Å². The highest BCUT2D eigenvalue weighted by molar-refractivity contribution is 7.80. The third-order valence-electron chi connectivity index (χ3n) is 3.28. The van der Waals surface area contributed by atoms with Crippen LogP contribution in [0.25, 0.3) is 0 Å². The topological polar surface area (TPSA) is 24.1 Å². The molecule has 12 heavy (non-hydrogen) atoms. The maximum atomic E-state index is 5.09. The molecule has 2 saturated carbocycles. The molecule has 2 fully saturated rings. The molecular formula is C9H16N2S. The number of thiocarbonyl (C=S) groups is 1. The zero-order chi connectivity index (χ0) is 8.55. The van der Waals surface area contributed by atoms with Gasteiger partial charge < -0.3 is 10.6 Å². The van der Waals surface area contributed by atoms with E-state index < -0.39 is 0 Å². The minimum Gasteiger partial charge on any atom is -0.366 e. The van der Waals surface area contributed by atoms with Gasteiger partial charge in [-0.3, -0.25) is 0 Å². The number of fused-ring (bicyclic) bond motifs is 2. The lowest BCUT2D eigenvalue weighted by atomic mass is 9.96. The average molecular weight is 184 g/mol. The summed E-state index contributed by atoms with van der Waals surface area (Å²) in [7, 11) is 1.88. The van der Waals surface area contributed by atoms with E-state index in [-0.39, 0.29) is 0 Å². The fraction of sp³-hybridized carbons (Fsp3) is 0.889. The summed E-state index contributed by atoms with van der Waals surface area (Å²) in [5.74, 6) is 1.90. The van der Waals surface area contributed by atoms with Crippen molar-refractivity contribution in [1.29, 1.82) is 0 Å². The van der Waals surface area contributed by atoms with Gasteiger partial charge in [0.2, 0.25) is 0 Å². The summed E-state index contributed by atoms with van der Waals surface area (Å²) in [4.78, 5) is 0. The molecule has 0 aromatic rings. The van der Waals surface area contributed by atoms with Gasteiger partial charge in [0.15, 0.2) is 5.11 Å². The molecule has 2 aliphatic carbocycles. The Labute approximate surface area is 79.1 Å². The molecule has 0 heterocycles. The molecule has 0 aromatic carbocycles. The second-order valence-electron chi connectivity index (χ2n) is 4.00.